The molecule has 3 amide bonds. The Labute approximate surface area is 174 Å². The third-order valence-corrected chi connectivity index (χ3v) is 3.74. The summed E-state index contributed by atoms with van der Waals surface area (Å²) < 4.78 is 42.9. The molecule has 0 fully saturated rings. The molecule has 31 heavy (non-hydrogen) atoms. The Hall–Kier alpha value is -3.89. The number of ether oxygens (including phenoxy) is 1. The lowest BCUT2D eigenvalue weighted by Gasteiger charge is -2.10. The van der Waals surface area contributed by atoms with E-state index in [0.29, 0.717) is 0 Å². The lowest BCUT2D eigenvalue weighted by molar-refractivity contribution is -0.137. The third-order valence-electron chi connectivity index (χ3n) is 3.74. The van der Waals surface area contributed by atoms with Crippen LogP contribution in [0.1, 0.15) is 22.8 Å². The number of alkyl halides is 3. The number of carbonyl (C=O) groups is 4. The quantitative estimate of drug-likeness (QED) is 0.475. The van der Waals surface area contributed by atoms with Crippen molar-refractivity contribution in [3.63, 3.8) is 0 Å². The van der Waals surface area contributed by atoms with Crippen LogP contribution in [0.5, 0.6) is 0 Å². The van der Waals surface area contributed by atoms with Crippen molar-refractivity contribution in [2.45, 2.75) is 13.1 Å². The number of carbonyl (C=O) groups excluding carboxylic acids is 4. The second kappa shape index (κ2) is 10.2. The van der Waals surface area contributed by atoms with E-state index in [2.05, 4.69) is 16.0 Å². The highest BCUT2D eigenvalue weighted by Crippen LogP contribution is 2.30. The number of hydrogen-bond acceptors (Lipinski definition) is 5. The summed E-state index contributed by atoms with van der Waals surface area (Å²) in [7, 11) is 0. The highest BCUT2D eigenvalue weighted by atomic mass is 19.4. The number of rotatable bonds is 6. The molecule has 2 rings (SSSR count). The van der Waals surface area contributed by atoms with Gasteiger partial charge in [0.1, 0.15) is 0 Å². The molecule has 8 nitrogen and oxygen atoms in total. The van der Waals surface area contributed by atoms with E-state index in [4.69, 9.17) is 4.74 Å². The van der Waals surface area contributed by atoms with Gasteiger partial charge in [0.25, 0.3) is 0 Å². The van der Waals surface area contributed by atoms with Gasteiger partial charge in [0.05, 0.1) is 24.3 Å². The monoisotopic (exact) mass is 437 g/mol. The van der Waals surface area contributed by atoms with Crippen LogP contribution in [-0.4, -0.2) is 36.8 Å². The molecule has 0 unspecified atom stereocenters. The predicted octanol–water partition coefficient (Wildman–Crippen LogP) is 2.58. The fourth-order valence-electron chi connectivity index (χ4n) is 2.31. The maximum atomic E-state index is 12.7. The highest BCUT2D eigenvalue weighted by Gasteiger charge is 2.30. The van der Waals surface area contributed by atoms with Crippen LogP contribution in [0.25, 0.3) is 0 Å². The number of anilines is 2. The molecule has 0 radical (unpaired) electrons. The van der Waals surface area contributed by atoms with Crippen LogP contribution >= 0.6 is 0 Å². The first-order valence-corrected chi connectivity index (χ1v) is 8.93. The van der Waals surface area contributed by atoms with E-state index in [9.17, 15) is 32.3 Å². The summed E-state index contributed by atoms with van der Waals surface area (Å²) in [6.45, 7) is 1.23. The van der Waals surface area contributed by atoms with Crippen LogP contribution in [-0.2, 0) is 25.3 Å². The van der Waals surface area contributed by atoms with E-state index in [1.54, 1.807) is 6.92 Å². The van der Waals surface area contributed by atoms with Crippen LogP contribution in [0.2, 0.25) is 0 Å². The molecule has 0 bridgehead atoms. The molecule has 0 spiro atoms. The number of nitrogens with one attached hydrogen (secondary N) is 3. The van der Waals surface area contributed by atoms with Gasteiger partial charge in [-0.3, -0.25) is 14.4 Å². The molecule has 3 N–H and O–H groups in total. The summed E-state index contributed by atoms with van der Waals surface area (Å²) in [6.07, 6.45) is -4.57. The maximum absolute atomic E-state index is 12.7. The maximum Gasteiger partial charge on any atom is 0.416 e. The highest BCUT2D eigenvalue weighted by molar-refractivity contribution is 6.39. The molecule has 11 heteroatoms. The number of hydrogen-bond donors (Lipinski definition) is 3. The Bertz CT molecular complexity index is 975. The zero-order chi connectivity index (χ0) is 23.0. The van der Waals surface area contributed by atoms with Gasteiger partial charge in [0.15, 0.2) is 0 Å². The van der Waals surface area contributed by atoms with Crippen molar-refractivity contribution in [3.8, 4) is 0 Å². The van der Waals surface area contributed by atoms with E-state index in [0.717, 1.165) is 18.2 Å². The first-order valence-electron chi connectivity index (χ1n) is 8.93. The third kappa shape index (κ3) is 7.14. The minimum absolute atomic E-state index is 0.111. The van der Waals surface area contributed by atoms with E-state index < -0.39 is 42.0 Å². The SMILES string of the molecule is CCOC(=O)c1ccc(NC(=O)C(=O)NCC(=O)Nc2cccc(C(F)(F)F)c2)cc1. The second-order valence-electron chi connectivity index (χ2n) is 6.06. The van der Waals surface area contributed by atoms with Gasteiger partial charge in [-0.25, -0.2) is 4.79 Å². The molecule has 0 aromatic heterocycles. The summed E-state index contributed by atoms with van der Waals surface area (Å²) in [5.41, 5.74) is -0.569. The second-order valence-corrected chi connectivity index (χ2v) is 6.06. The standard InChI is InChI=1S/C20H18F3N3O5/c1-2-31-19(30)12-6-8-14(9-7-12)26-18(29)17(28)24-11-16(27)25-15-5-3-4-13(10-15)20(21,22)23/h3-10H,2,11H2,1H3,(H,24,28)(H,25,27)(H,26,29). The summed E-state index contributed by atoms with van der Waals surface area (Å²) in [4.78, 5) is 47.1. The molecule has 0 heterocycles. The largest absolute Gasteiger partial charge is 0.462 e. The van der Waals surface area contributed by atoms with Gasteiger partial charge in [-0.2, -0.15) is 13.2 Å². The smallest absolute Gasteiger partial charge is 0.416 e. The Morgan fingerprint density at radius 2 is 1.58 bits per heavy atom. The Morgan fingerprint density at radius 3 is 2.19 bits per heavy atom. The average molecular weight is 437 g/mol. The van der Waals surface area contributed by atoms with Gasteiger partial charge >= 0.3 is 24.0 Å². The van der Waals surface area contributed by atoms with E-state index >= 15 is 0 Å². The minimum atomic E-state index is -4.57. The normalized spacial score (nSPS) is 10.7. The van der Waals surface area contributed by atoms with E-state index in [1.165, 1.54) is 30.3 Å². The molecule has 0 atom stereocenters. The van der Waals surface area contributed by atoms with Gasteiger partial charge in [0, 0.05) is 11.4 Å². The van der Waals surface area contributed by atoms with Crippen molar-refractivity contribution in [1.82, 2.24) is 5.32 Å². The molecule has 0 saturated carbocycles. The lowest BCUT2D eigenvalue weighted by atomic mass is 10.2. The lowest BCUT2D eigenvalue weighted by Crippen LogP contribution is -2.39. The zero-order valence-corrected chi connectivity index (χ0v) is 16.2. The van der Waals surface area contributed by atoms with Crippen molar-refractivity contribution >= 4 is 35.1 Å². The van der Waals surface area contributed by atoms with Crippen LogP contribution in [0.15, 0.2) is 48.5 Å². The van der Waals surface area contributed by atoms with Crippen molar-refractivity contribution in [2.24, 2.45) is 0 Å². The van der Waals surface area contributed by atoms with Crippen LogP contribution in [0.3, 0.4) is 0 Å². The van der Waals surface area contributed by atoms with Gasteiger partial charge in [-0.05, 0) is 49.4 Å². The molecule has 2 aromatic rings. The molecule has 0 aliphatic carbocycles. The molecular weight excluding hydrogens is 419 g/mol. The molecular formula is C20H18F3N3O5. The van der Waals surface area contributed by atoms with Crippen molar-refractivity contribution < 1.29 is 37.1 Å². The molecule has 0 saturated heterocycles. The van der Waals surface area contributed by atoms with Crippen molar-refractivity contribution in [3.05, 3.63) is 59.7 Å². The van der Waals surface area contributed by atoms with Crippen molar-refractivity contribution in [1.29, 1.82) is 0 Å². The average Bonchev–Trinajstić information content (AvgIpc) is 2.72. The van der Waals surface area contributed by atoms with Gasteiger partial charge in [-0.15, -0.1) is 0 Å². The number of benzene rings is 2. The topological polar surface area (TPSA) is 114 Å². The van der Waals surface area contributed by atoms with Crippen LogP contribution in [0, 0.1) is 0 Å². The Kier molecular flexibility index (Phi) is 7.72. The first kappa shape index (κ1) is 23.4. The molecule has 164 valence electrons. The number of halogens is 3. The summed E-state index contributed by atoms with van der Waals surface area (Å²) in [5, 5.41) is 6.53. The van der Waals surface area contributed by atoms with Crippen molar-refractivity contribution in [2.75, 3.05) is 23.8 Å². The molecule has 0 aliphatic heterocycles. The Balaban J connectivity index is 1.84. The number of amides is 3. The minimum Gasteiger partial charge on any atom is -0.462 e. The van der Waals surface area contributed by atoms with Gasteiger partial charge < -0.3 is 20.7 Å². The van der Waals surface area contributed by atoms with E-state index in [-0.39, 0.29) is 23.5 Å². The van der Waals surface area contributed by atoms with E-state index in [1.807, 2.05) is 0 Å². The fraction of sp³-hybridized carbons (Fsp3) is 0.200. The Morgan fingerprint density at radius 1 is 0.903 bits per heavy atom. The predicted molar refractivity (Wildman–Crippen MR) is 104 cm³/mol. The van der Waals surface area contributed by atoms with Crippen LogP contribution < -0.4 is 16.0 Å². The van der Waals surface area contributed by atoms with Gasteiger partial charge in [0.2, 0.25) is 5.91 Å². The van der Waals surface area contributed by atoms with Gasteiger partial charge in [-0.1, -0.05) is 6.07 Å². The molecule has 2 aromatic carbocycles. The number of esters is 1. The summed E-state index contributed by atoms with van der Waals surface area (Å²) in [6, 6.07) is 9.53. The zero-order valence-electron chi connectivity index (χ0n) is 16.2. The first-order chi connectivity index (χ1) is 14.6. The van der Waals surface area contributed by atoms with Crippen LogP contribution in [0.4, 0.5) is 24.5 Å². The fourth-order valence-corrected chi connectivity index (χ4v) is 2.31. The summed E-state index contributed by atoms with van der Waals surface area (Å²) >= 11 is 0. The summed E-state index contributed by atoms with van der Waals surface area (Å²) in [5.74, 6) is -3.56. The molecule has 0 aliphatic rings.